The van der Waals surface area contributed by atoms with Crippen LogP contribution in [0.25, 0.3) is 0 Å². The first kappa shape index (κ1) is 10.0. The summed E-state index contributed by atoms with van der Waals surface area (Å²) in [7, 11) is 3.44. The van der Waals surface area contributed by atoms with Gasteiger partial charge in [-0.25, -0.2) is 0 Å². The molecule has 0 bridgehead atoms. The summed E-state index contributed by atoms with van der Waals surface area (Å²) < 4.78 is 10.7. The Morgan fingerprint density at radius 2 is 1.67 bits per heavy atom. The maximum atomic E-state index is 5.33. The molecule has 0 spiro atoms. The van der Waals surface area contributed by atoms with Crippen LogP contribution in [-0.2, 0) is 9.47 Å². The molecule has 0 amide bonds. The normalized spacial score (nSPS) is 20.2. The lowest BCUT2D eigenvalue weighted by molar-refractivity contribution is -0.203. The van der Waals surface area contributed by atoms with Gasteiger partial charge in [0, 0.05) is 20.6 Å². The highest BCUT2D eigenvalue weighted by Crippen LogP contribution is 2.33. The van der Waals surface area contributed by atoms with Gasteiger partial charge in [-0.1, -0.05) is 25.7 Å². The largest absolute Gasteiger partial charge is 0.353 e. The number of ether oxygens (including phenoxy) is 2. The molecule has 1 rings (SSSR count). The van der Waals surface area contributed by atoms with Gasteiger partial charge in [0.2, 0.25) is 0 Å². The standard InChI is InChI=1S/C10H20O2/c1-10(11-2,12-3)8-9-6-4-5-7-9/h9H,4-8H2,1-3H3. The van der Waals surface area contributed by atoms with Gasteiger partial charge in [-0.3, -0.25) is 0 Å². The Bertz CT molecular complexity index is 124. The molecule has 1 fully saturated rings. The van der Waals surface area contributed by atoms with E-state index >= 15 is 0 Å². The Kier molecular flexibility index (Phi) is 3.53. The van der Waals surface area contributed by atoms with Crippen LogP contribution in [0, 0.1) is 5.92 Å². The third-order valence-corrected chi connectivity index (χ3v) is 3.00. The molecule has 0 heterocycles. The second kappa shape index (κ2) is 4.24. The van der Waals surface area contributed by atoms with E-state index in [4.69, 9.17) is 9.47 Å². The summed E-state index contributed by atoms with van der Waals surface area (Å²) in [5.41, 5.74) is 0. The quantitative estimate of drug-likeness (QED) is 0.607. The second-order valence-corrected chi connectivity index (χ2v) is 3.90. The third-order valence-electron chi connectivity index (χ3n) is 3.00. The molecule has 0 aromatic carbocycles. The van der Waals surface area contributed by atoms with Crippen molar-refractivity contribution in [2.75, 3.05) is 14.2 Å². The van der Waals surface area contributed by atoms with E-state index in [0.29, 0.717) is 0 Å². The lowest BCUT2D eigenvalue weighted by Gasteiger charge is -2.29. The SMILES string of the molecule is COC(C)(CC1CCCC1)OC. The Morgan fingerprint density at radius 3 is 2.08 bits per heavy atom. The van der Waals surface area contributed by atoms with Crippen LogP contribution in [0.4, 0.5) is 0 Å². The van der Waals surface area contributed by atoms with E-state index in [1.807, 2.05) is 6.92 Å². The van der Waals surface area contributed by atoms with Crippen molar-refractivity contribution >= 4 is 0 Å². The summed E-state index contributed by atoms with van der Waals surface area (Å²) in [6, 6.07) is 0. The minimum Gasteiger partial charge on any atom is -0.353 e. The molecule has 72 valence electrons. The minimum atomic E-state index is -0.352. The first-order valence-corrected chi connectivity index (χ1v) is 4.80. The molecular weight excluding hydrogens is 152 g/mol. The van der Waals surface area contributed by atoms with E-state index < -0.39 is 0 Å². The zero-order valence-corrected chi connectivity index (χ0v) is 8.43. The molecule has 0 radical (unpaired) electrons. The molecule has 0 aromatic heterocycles. The van der Waals surface area contributed by atoms with Crippen molar-refractivity contribution in [1.29, 1.82) is 0 Å². The van der Waals surface area contributed by atoms with Crippen LogP contribution in [-0.4, -0.2) is 20.0 Å². The minimum absolute atomic E-state index is 0.352. The molecule has 2 heteroatoms. The fourth-order valence-electron chi connectivity index (χ4n) is 1.99. The van der Waals surface area contributed by atoms with Crippen LogP contribution in [0.5, 0.6) is 0 Å². The van der Waals surface area contributed by atoms with E-state index in [1.165, 1.54) is 25.7 Å². The van der Waals surface area contributed by atoms with E-state index in [2.05, 4.69) is 0 Å². The predicted octanol–water partition coefficient (Wildman–Crippen LogP) is 2.58. The van der Waals surface area contributed by atoms with Gasteiger partial charge in [-0.15, -0.1) is 0 Å². The molecule has 2 nitrogen and oxygen atoms in total. The van der Waals surface area contributed by atoms with E-state index in [1.54, 1.807) is 14.2 Å². The smallest absolute Gasteiger partial charge is 0.165 e. The topological polar surface area (TPSA) is 18.5 Å². The van der Waals surface area contributed by atoms with Gasteiger partial charge in [0.25, 0.3) is 0 Å². The Hall–Kier alpha value is -0.0800. The summed E-state index contributed by atoms with van der Waals surface area (Å²) in [5.74, 6) is 0.463. The van der Waals surface area contributed by atoms with Crippen LogP contribution in [0.15, 0.2) is 0 Å². The van der Waals surface area contributed by atoms with Crippen molar-refractivity contribution in [3.8, 4) is 0 Å². The van der Waals surface area contributed by atoms with Gasteiger partial charge >= 0.3 is 0 Å². The van der Waals surface area contributed by atoms with Crippen molar-refractivity contribution in [3.63, 3.8) is 0 Å². The highest BCUT2D eigenvalue weighted by Gasteiger charge is 2.28. The molecule has 12 heavy (non-hydrogen) atoms. The molecule has 0 saturated heterocycles. The Balaban J connectivity index is 2.35. The van der Waals surface area contributed by atoms with Gasteiger partial charge in [-0.05, 0) is 12.8 Å². The number of hydrogen-bond acceptors (Lipinski definition) is 2. The summed E-state index contributed by atoms with van der Waals surface area (Å²) in [4.78, 5) is 0. The first-order valence-electron chi connectivity index (χ1n) is 4.80. The van der Waals surface area contributed by atoms with Gasteiger partial charge in [0.05, 0.1) is 0 Å². The van der Waals surface area contributed by atoms with Gasteiger partial charge in [0.15, 0.2) is 5.79 Å². The van der Waals surface area contributed by atoms with Gasteiger partial charge in [0.1, 0.15) is 0 Å². The summed E-state index contributed by atoms with van der Waals surface area (Å²) >= 11 is 0. The molecule has 0 atom stereocenters. The highest BCUT2D eigenvalue weighted by atomic mass is 16.7. The monoisotopic (exact) mass is 172 g/mol. The summed E-state index contributed by atoms with van der Waals surface area (Å²) in [5, 5.41) is 0. The van der Waals surface area contributed by atoms with Crippen LogP contribution in [0.2, 0.25) is 0 Å². The number of methoxy groups -OCH3 is 2. The van der Waals surface area contributed by atoms with Crippen LogP contribution < -0.4 is 0 Å². The summed E-state index contributed by atoms with van der Waals surface area (Å²) in [6.07, 6.45) is 6.51. The fraction of sp³-hybridized carbons (Fsp3) is 1.00. The van der Waals surface area contributed by atoms with Crippen LogP contribution in [0.3, 0.4) is 0 Å². The molecule has 0 unspecified atom stereocenters. The Labute approximate surface area is 75.2 Å². The zero-order valence-electron chi connectivity index (χ0n) is 8.43. The number of hydrogen-bond donors (Lipinski definition) is 0. The van der Waals surface area contributed by atoms with Crippen LogP contribution in [0.1, 0.15) is 39.0 Å². The first-order chi connectivity index (χ1) is 5.70. The second-order valence-electron chi connectivity index (χ2n) is 3.90. The van der Waals surface area contributed by atoms with Crippen LogP contribution >= 0.6 is 0 Å². The van der Waals surface area contributed by atoms with Gasteiger partial charge in [-0.2, -0.15) is 0 Å². The summed E-state index contributed by atoms with van der Waals surface area (Å²) in [6.45, 7) is 2.02. The van der Waals surface area contributed by atoms with Crippen molar-refractivity contribution in [2.45, 2.75) is 44.8 Å². The molecule has 1 aliphatic carbocycles. The fourth-order valence-corrected chi connectivity index (χ4v) is 1.99. The molecular formula is C10H20O2. The van der Waals surface area contributed by atoms with E-state index in [9.17, 15) is 0 Å². The predicted molar refractivity (Wildman–Crippen MR) is 49.0 cm³/mol. The lowest BCUT2D eigenvalue weighted by Crippen LogP contribution is -2.31. The van der Waals surface area contributed by atoms with Crippen molar-refractivity contribution in [1.82, 2.24) is 0 Å². The average Bonchev–Trinajstić information content (AvgIpc) is 2.57. The third kappa shape index (κ3) is 2.46. The van der Waals surface area contributed by atoms with Crippen molar-refractivity contribution in [3.05, 3.63) is 0 Å². The van der Waals surface area contributed by atoms with Gasteiger partial charge < -0.3 is 9.47 Å². The van der Waals surface area contributed by atoms with Crippen molar-refractivity contribution in [2.24, 2.45) is 5.92 Å². The van der Waals surface area contributed by atoms with E-state index in [-0.39, 0.29) is 5.79 Å². The average molecular weight is 172 g/mol. The molecule has 1 aliphatic rings. The maximum absolute atomic E-state index is 5.33. The number of rotatable bonds is 4. The van der Waals surface area contributed by atoms with Crippen molar-refractivity contribution < 1.29 is 9.47 Å². The highest BCUT2D eigenvalue weighted by molar-refractivity contribution is 4.74. The molecule has 0 N–H and O–H groups in total. The van der Waals surface area contributed by atoms with E-state index in [0.717, 1.165) is 12.3 Å². The molecule has 0 aliphatic heterocycles. The molecule has 1 saturated carbocycles. The maximum Gasteiger partial charge on any atom is 0.165 e. The Morgan fingerprint density at radius 1 is 1.17 bits per heavy atom. The zero-order chi connectivity index (χ0) is 9.03. The molecule has 0 aromatic rings. The lowest BCUT2D eigenvalue weighted by atomic mass is 9.98.